The Bertz CT molecular complexity index is 427. The second-order valence-electron chi connectivity index (χ2n) is 4.59. The maximum atomic E-state index is 12.3. The number of benzene rings is 1. The molecule has 2 rings (SSSR count). The fourth-order valence-corrected chi connectivity index (χ4v) is 2.35. The lowest BCUT2D eigenvalue weighted by Crippen LogP contribution is -2.46. The number of aryl methyl sites for hydroxylation is 2. The van der Waals surface area contributed by atoms with E-state index in [2.05, 4.69) is 5.32 Å². The summed E-state index contributed by atoms with van der Waals surface area (Å²) < 4.78 is 10.6. The Hall–Kier alpha value is -1.39. The molecule has 1 saturated heterocycles. The lowest BCUT2D eigenvalue weighted by molar-refractivity contribution is 0.0607. The van der Waals surface area contributed by atoms with Crippen LogP contribution >= 0.6 is 0 Å². The molecule has 98 valence electrons. The number of rotatable bonds is 3. The first-order valence-electron chi connectivity index (χ1n) is 6.14. The first kappa shape index (κ1) is 13.1. The molecule has 1 N–H and O–H groups in total. The van der Waals surface area contributed by atoms with Crippen LogP contribution in [0.4, 0.5) is 0 Å². The van der Waals surface area contributed by atoms with Crippen LogP contribution < -0.4 is 10.1 Å². The number of methoxy groups -OCH3 is 1. The molecule has 0 radical (unpaired) electrons. The van der Waals surface area contributed by atoms with Gasteiger partial charge in [-0.1, -0.05) is 0 Å². The maximum absolute atomic E-state index is 12.3. The minimum atomic E-state index is -0.231. The van der Waals surface area contributed by atoms with Crippen molar-refractivity contribution in [1.29, 1.82) is 0 Å². The molecule has 0 aliphatic carbocycles. The molecule has 1 aromatic rings. The number of morpholine rings is 1. The molecule has 0 saturated carbocycles. The summed E-state index contributed by atoms with van der Waals surface area (Å²) in [5.41, 5.74) is 2.68. The van der Waals surface area contributed by atoms with Crippen LogP contribution in [0.15, 0.2) is 12.1 Å². The summed E-state index contributed by atoms with van der Waals surface area (Å²) >= 11 is 0. The zero-order valence-corrected chi connectivity index (χ0v) is 11.1. The first-order valence-corrected chi connectivity index (χ1v) is 6.14. The Kier molecular flexibility index (Phi) is 3.99. The van der Waals surface area contributed by atoms with Crippen molar-refractivity contribution in [2.45, 2.75) is 19.9 Å². The predicted octanol–water partition coefficient (Wildman–Crippen LogP) is 1.48. The van der Waals surface area contributed by atoms with Gasteiger partial charge in [-0.05, 0) is 37.1 Å². The van der Waals surface area contributed by atoms with E-state index in [0.29, 0.717) is 18.8 Å². The summed E-state index contributed by atoms with van der Waals surface area (Å²) in [6, 6.07) is 3.53. The van der Waals surface area contributed by atoms with E-state index in [1.165, 1.54) is 0 Å². The highest BCUT2D eigenvalue weighted by Crippen LogP contribution is 2.25. The molecule has 0 amide bonds. The van der Waals surface area contributed by atoms with Gasteiger partial charge in [0.15, 0.2) is 5.78 Å². The second-order valence-corrected chi connectivity index (χ2v) is 4.59. The molecule has 18 heavy (non-hydrogen) atoms. The normalized spacial score (nSPS) is 19.6. The van der Waals surface area contributed by atoms with Crippen LogP contribution in [0.3, 0.4) is 0 Å². The van der Waals surface area contributed by atoms with E-state index in [9.17, 15) is 4.79 Å². The molecule has 0 aromatic heterocycles. The van der Waals surface area contributed by atoms with Crippen LogP contribution in [-0.2, 0) is 4.74 Å². The van der Waals surface area contributed by atoms with Crippen LogP contribution in [-0.4, -0.2) is 38.7 Å². The van der Waals surface area contributed by atoms with Crippen molar-refractivity contribution in [2.75, 3.05) is 26.9 Å². The molecular formula is C14H19NO3. The lowest BCUT2D eigenvalue weighted by Gasteiger charge is -2.23. The largest absolute Gasteiger partial charge is 0.496 e. The Morgan fingerprint density at radius 1 is 1.39 bits per heavy atom. The maximum Gasteiger partial charge on any atom is 0.182 e. The van der Waals surface area contributed by atoms with E-state index in [0.717, 1.165) is 23.4 Å². The third-order valence-corrected chi connectivity index (χ3v) is 3.19. The van der Waals surface area contributed by atoms with Crippen molar-refractivity contribution in [3.63, 3.8) is 0 Å². The van der Waals surface area contributed by atoms with Gasteiger partial charge in [-0.25, -0.2) is 0 Å². The van der Waals surface area contributed by atoms with Gasteiger partial charge in [-0.15, -0.1) is 0 Å². The van der Waals surface area contributed by atoms with Crippen molar-refractivity contribution >= 4 is 5.78 Å². The summed E-state index contributed by atoms with van der Waals surface area (Å²) in [6.07, 6.45) is 0. The summed E-state index contributed by atoms with van der Waals surface area (Å²) in [5, 5.41) is 3.18. The highest BCUT2D eigenvalue weighted by atomic mass is 16.5. The molecular weight excluding hydrogens is 230 g/mol. The SMILES string of the molecule is COc1c(C)cc(C(=O)C2COCCN2)cc1C. The van der Waals surface area contributed by atoms with Crippen LogP contribution in [0.2, 0.25) is 0 Å². The number of hydrogen-bond donors (Lipinski definition) is 1. The Balaban J connectivity index is 2.25. The molecule has 1 fully saturated rings. The van der Waals surface area contributed by atoms with Gasteiger partial charge in [0, 0.05) is 12.1 Å². The molecule has 0 spiro atoms. The fraction of sp³-hybridized carbons (Fsp3) is 0.500. The van der Waals surface area contributed by atoms with Gasteiger partial charge >= 0.3 is 0 Å². The summed E-state index contributed by atoms with van der Waals surface area (Å²) in [7, 11) is 1.65. The van der Waals surface area contributed by atoms with Crippen molar-refractivity contribution in [3.8, 4) is 5.75 Å². The van der Waals surface area contributed by atoms with Crippen LogP contribution in [0.5, 0.6) is 5.75 Å². The first-order chi connectivity index (χ1) is 8.63. The summed E-state index contributed by atoms with van der Waals surface area (Å²) in [4.78, 5) is 12.3. The van der Waals surface area contributed by atoms with E-state index >= 15 is 0 Å². The standard InChI is InChI=1S/C14H19NO3/c1-9-6-11(7-10(2)14(9)17-3)13(16)12-8-18-5-4-15-12/h6-7,12,15H,4-5,8H2,1-3H3. The van der Waals surface area contributed by atoms with Gasteiger partial charge in [-0.2, -0.15) is 0 Å². The van der Waals surface area contributed by atoms with Gasteiger partial charge in [0.1, 0.15) is 5.75 Å². The van der Waals surface area contributed by atoms with Gasteiger partial charge in [0.2, 0.25) is 0 Å². The van der Waals surface area contributed by atoms with Crippen molar-refractivity contribution in [1.82, 2.24) is 5.32 Å². The minimum Gasteiger partial charge on any atom is -0.496 e. The number of carbonyl (C=O) groups excluding carboxylic acids is 1. The van der Waals surface area contributed by atoms with Gasteiger partial charge in [0.25, 0.3) is 0 Å². The number of nitrogens with one attached hydrogen (secondary N) is 1. The predicted molar refractivity (Wildman–Crippen MR) is 69.4 cm³/mol. The van der Waals surface area contributed by atoms with E-state index in [1.807, 2.05) is 26.0 Å². The van der Waals surface area contributed by atoms with E-state index < -0.39 is 0 Å². The van der Waals surface area contributed by atoms with Crippen LogP contribution in [0.1, 0.15) is 21.5 Å². The molecule has 1 aliphatic heterocycles. The quantitative estimate of drug-likeness (QED) is 0.824. The van der Waals surface area contributed by atoms with Gasteiger partial charge < -0.3 is 14.8 Å². The molecule has 1 atom stereocenters. The Morgan fingerprint density at radius 3 is 2.56 bits per heavy atom. The van der Waals surface area contributed by atoms with Crippen LogP contribution in [0, 0.1) is 13.8 Å². The zero-order chi connectivity index (χ0) is 13.1. The van der Waals surface area contributed by atoms with Crippen molar-refractivity contribution in [2.24, 2.45) is 0 Å². The minimum absolute atomic E-state index is 0.0866. The fourth-order valence-electron chi connectivity index (χ4n) is 2.35. The number of carbonyl (C=O) groups is 1. The lowest BCUT2D eigenvalue weighted by atomic mass is 9.99. The highest BCUT2D eigenvalue weighted by Gasteiger charge is 2.23. The molecule has 1 heterocycles. The number of ether oxygens (including phenoxy) is 2. The molecule has 1 unspecified atom stereocenters. The molecule has 4 heteroatoms. The van der Waals surface area contributed by atoms with E-state index in [4.69, 9.17) is 9.47 Å². The molecule has 1 aromatic carbocycles. The third-order valence-electron chi connectivity index (χ3n) is 3.19. The zero-order valence-electron chi connectivity index (χ0n) is 11.1. The number of ketones is 1. The van der Waals surface area contributed by atoms with Gasteiger partial charge in [0.05, 0.1) is 26.4 Å². The second kappa shape index (κ2) is 5.50. The molecule has 4 nitrogen and oxygen atoms in total. The van der Waals surface area contributed by atoms with E-state index in [-0.39, 0.29) is 11.8 Å². The Morgan fingerprint density at radius 2 is 2.06 bits per heavy atom. The molecule has 1 aliphatic rings. The highest BCUT2D eigenvalue weighted by molar-refractivity contribution is 6.00. The number of hydrogen-bond acceptors (Lipinski definition) is 4. The Labute approximate surface area is 107 Å². The van der Waals surface area contributed by atoms with Crippen molar-refractivity contribution in [3.05, 3.63) is 28.8 Å². The average Bonchev–Trinajstić information content (AvgIpc) is 2.38. The average molecular weight is 249 g/mol. The van der Waals surface area contributed by atoms with Crippen molar-refractivity contribution < 1.29 is 14.3 Å². The topological polar surface area (TPSA) is 47.6 Å². The smallest absolute Gasteiger partial charge is 0.182 e. The van der Waals surface area contributed by atoms with E-state index in [1.54, 1.807) is 7.11 Å². The van der Waals surface area contributed by atoms with Gasteiger partial charge in [-0.3, -0.25) is 4.79 Å². The summed E-state index contributed by atoms with van der Waals surface area (Å²) in [6.45, 7) is 5.75. The number of Topliss-reactive ketones (excluding diaryl/α,β-unsaturated/α-hetero) is 1. The summed E-state index contributed by atoms with van der Waals surface area (Å²) in [5.74, 6) is 0.933. The molecule has 0 bridgehead atoms. The monoisotopic (exact) mass is 249 g/mol. The van der Waals surface area contributed by atoms with Crippen LogP contribution in [0.25, 0.3) is 0 Å². The third kappa shape index (κ3) is 2.54.